The van der Waals surface area contributed by atoms with Crippen molar-refractivity contribution < 1.29 is 13.6 Å². The second-order valence-electron chi connectivity index (χ2n) is 6.13. The summed E-state index contributed by atoms with van der Waals surface area (Å²) < 4.78 is 27.1. The third-order valence-corrected chi connectivity index (χ3v) is 4.62. The predicted molar refractivity (Wildman–Crippen MR) is 107 cm³/mol. The lowest BCUT2D eigenvalue weighted by Crippen LogP contribution is -2.14. The number of para-hydroxylation sites is 1. The minimum atomic E-state index is -0.849. The molecular weight excluding hydrogens is 382 g/mol. The minimum absolute atomic E-state index is 0.105. The van der Waals surface area contributed by atoms with Crippen molar-refractivity contribution in [2.75, 3.05) is 5.32 Å². The van der Waals surface area contributed by atoms with Crippen molar-refractivity contribution >= 4 is 34.1 Å². The first-order valence-corrected chi connectivity index (χ1v) is 8.82. The smallest absolute Gasteiger partial charge is 0.256 e. The van der Waals surface area contributed by atoms with Crippen molar-refractivity contribution in [2.24, 2.45) is 0 Å². The molecule has 0 spiro atoms. The van der Waals surface area contributed by atoms with E-state index in [1.165, 1.54) is 6.07 Å². The number of halogens is 3. The number of nitrogens with one attached hydrogen (secondary N) is 1. The lowest BCUT2D eigenvalue weighted by Gasteiger charge is -2.12. The largest absolute Gasteiger partial charge is 0.319 e. The van der Waals surface area contributed by atoms with Gasteiger partial charge in [0, 0.05) is 22.0 Å². The van der Waals surface area contributed by atoms with Gasteiger partial charge in [-0.1, -0.05) is 48.0 Å². The summed E-state index contributed by atoms with van der Waals surface area (Å²) in [4.78, 5) is 17.5. The van der Waals surface area contributed by atoms with Gasteiger partial charge in [0.15, 0.2) is 0 Å². The molecule has 1 aromatic heterocycles. The Morgan fingerprint density at radius 1 is 0.929 bits per heavy atom. The van der Waals surface area contributed by atoms with Gasteiger partial charge in [0.2, 0.25) is 0 Å². The van der Waals surface area contributed by atoms with Gasteiger partial charge in [0.05, 0.1) is 22.5 Å². The number of rotatable bonds is 3. The highest BCUT2D eigenvalue weighted by molar-refractivity contribution is 6.33. The number of anilines is 1. The standard InChI is InChI=1S/C22H13ClF2N2O/c23-17-7-3-1-6-15(17)21-12-16(14-5-2-4-8-19(14)26-21)22(28)27-20-10-9-13(24)11-18(20)25/h1-12H,(H,27,28). The van der Waals surface area contributed by atoms with Gasteiger partial charge in [-0.15, -0.1) is 0 Å². The first-order chi connectivity index (χ1) is 13.5. The van der Waals surface area contributed by atoms with Crippen LogP contribution in [0.1, 0.15) is 10.4 Å². The third-order valence-electron chi connectivity index (χ3n) is 4.29. The van der Waals surface area contributed by atoms with Crippen LogP contribution >= 0.6 is 11.6 Å². The molecule has 0 aliphatic carbocycles. The molecule has 1 amide bonds. The van der Waals surface area contributed by atoms with Crippen molar-refractivity contribution in [2.45, 2.75) is 0 Å². The zero-order valence-corrected chi connectivity index (χ0v) is 15.2. The number of hydrogen-bond donors (Lipinski definition) is 1. The lowest BCUT2D eigenvalue weighted by atomic mass is 10.0. The van der Waals surface area contributed by atoms with Crippen molar-refractivity contribution in [3.8, 4) is 11.3 Å². The number of fused-ring (bicyclic) bond motifs is 1. The number of amides is 1. The monoisotopic (exact) mass is 394 g/mol. The number of nitrogens with zero attached hydrogens (tertiary/aromatic N) is 1. The number of aromatic nitrogens is 1. The summed E-state index contributed by atoms with van der Waals surface area (Å²) in [6, 6.07) is 18.9. The molecule has 3 aromatic carbocycles. The Balaban J connectivity index is 1.83. The molecule has 0 atom stereocenters. The third kappa shape index (κ3) is 3.44. The van der Waals surface area contributed by atoms with E-state index in [-0.39, 0.29) is 5.69 Å². The molecular formula is C22H13ClF2N2O. The second-order valence-corrected chi connectivity index (χ2v) is 6.54. The number of pyridine rings is 1. The Kier molecular flexibility index (Phi) is 4.75. The van der Waals surface area contributed by atoms with E-state index < -0.39 is 17.5 Å². The molecule has 1 N–H and O–H groups in total. The van der Waals surface area contributed by atoms with Gasteiger partial charge < -0.3 is 5.32 Å². The van der Waals surface area contributed by atoms with E-state index in [0.717, 1.165) is 12.1 Å². The van der Waals surface area contributed by atoms with Gasteiger partial charge in [-0.25, -0.2) is 13.8 Å². The SMILES string of the molecule is O=C(Nc1ccc(F)cc1F)c1cc(-c2ccccc2Cl)nc2ccccc12. The van der Waals surface area contributed by atoms with Crippen molar-refractivity contribution in [1.82, 2.24) is 4.98 Å². The Morgan fingerprint density at radius 3 is 2.46 bits per heavy atom. The number of benzene rings is 3. The highest BCUT2D eigenvalue weighted by Gasteiger charge is 2.16. The number of carbonyl (C=O) groups is 1. The predicted octanol–water partition coefficient (Wildman–Crippen LogP) is 6.09. The molecule has 0 fully saturated rings. The molecule has 0 aliphatic heterocycles. The fourth-order valence-corrected chi connectivity index (χ4v) is 3.18. The normalized spacial score (nSPS) is 10.8. The van der Waals surface area contributed by atoms with Gasteiger partial charge in [0.25, 0.3) is 5.91 Å². The van der Waals surface area contributed by atoms with Crippen LogP contribution in [0.4, 0.5) is 14.5 Å². The molecule has 1 heterocycles. The van der Waals surface area contributed by atoms with Crippen LogP contribution in [0, 0.1) is 11.6 Å². The van der Waals surface area contributed by atoms with Crippen LogP contribution in [0.5, 0.6) is 0 Å². The maximum atomic E-state index is 14.0. The zero-order valence-electron chi connectivity index (χ0n) is 14.4. The van der Waals surface area contributed by atoms with E-state index in [0.29, 0.717) is 32.7 Å². The van der Waals surface area contributed by atoms with E-state index in [2.05, 4.69) is 10.3 Å². The Hall–Kier alpha value is -3.31. The van der Waals surface area contributed by atoms with E-state index in [9.17, 15) is 13.6 Å². The first kappa shape index (κ1) is 18.1. The molecule has 3 nitrogen and oxygen atoms in total. The van der Waals surface area contributed by atoms with Gasteiger partial charge in [-0.3, -0.25) is 4.79 Å². The second kappa shape index (κ2) is 7.37. The summed E-state index contributed by atoms with van der Waals surface area (Å²) in [6.45, 7) is 0. The molecule has 0 aliphatic rings. The van der Waals surface area contributed by atoms with Crippen LogP contribution in [-0.4, -0.2) is 10.9 Å². The van der Waals surface area contributed by atoms with Gasteiger partial charge in [-0.05, 0) is 30.3 Å². The summed E-state index contributed by atoms with van der Waals surface area (Å²) in [5, 5.41) is 3.61. The Morgan fingerprint density at radius 2 is 1.68 bits per heavy atom. The Bertz CT molecular complexity index is 1210. The van der Waals surface area contributed by atoms with Gasteiger partial charge in [0.1, 0.15) is 11.6 Å². The number of carbonyl (C=O) groups excluding carboxylic acids is 1. The average molecular weight is 395 g/mol. The minimum Gasteiger partial charge on any atom is -0.319 e. The molecule has 28 heavy (non-hydrogen) atoms. The summed E-state index contributed by atoms with van der Waals surface area (Å²) in [6.07, 6.45) is 0. The van der Waals surface area contributed by atoms with Crippen LogP contribution < -0.4 is 5.32 Å². The molecule has 0 unspecified atom stereocenters. The van der Waals surface area contributed by atoms with Crippen molar-refractivity contribution in [3.05, 3.63) is 95.0 Å². The molecule has 0 radical (unpaired) electrons. The van der Waals surface area contributed by atoms with Crippen molar-refractivity contribution in [3.63, 3.8) is 0 Å². The fraction of sp³-hybridized carbons (Fsp3) is 0. The average Bonchev–Trinajstić information content (AvgIpc) is 2.69. The molecule has 0 saturated heterocycles. The maximum Gasteiger partial charge on any atom is 0.256 e. The molecule has 6 heteroatoms. The maximum absolute atomic E-state index is 14.0. The molecule has 4 rings (SSSR count). The summed E-state index contributed by atoms with van der Waals surface area (Å²) in [5.74, 6) is -2.10. The number of hydrogen-bond acceptors (Lipinski definition) is 2. The van der Waals surface area contributed by atoms with Gasteiger partial charge >= 0.3 is 0 Å². The lowest BCUT2D eigenvalue weighted by molar-refractivity contribution is 0.102. The molecule has 0 bridgehead atoms. The van der Waals surface area contributed by atoms with E-state index in [1.807, 2.05) is 12.1 Å². The van der Waals surface area contributed by atoms with Crippen LogP contribution in [0.15, 0.2) is 72.8 Å². The summed E-state index contributed by atoms with van der Waals surface area (Å²) in [5.41, 5.74) is 2.01. The first-order valence-electron chi connectivity index (χ1n) is 8.44. The Labute approximate surface area is 164 Å². The van der Waals surface area contributed by atoms with Crippen molar-refractivity contribution in [1.29, 1.82) is 0 Å². The fourth-order valence-electron chi connectivity index (χ4n) is 2.95. The molecule has 4 aromatic rings. The highest BCUT2D eigenvalue weighted by Crippen LogP contribution is 2.30. The van der Waals surface area contributed by atoms with Crippen LogP contribution in [-0.2, 0) is 0 Å². The quantitative estimate of drug-likeness (QED) is 0.457. The zero-order chi connectivity index (χ0) is 19.7. The van der Waals surface area contributed by atoms with Crippen LogP contribution in [0.3, 0.4) is 0 Å². The van der Waals surface area contributed by atoms with Crippen LogP contribution in [0.2, 0.25) is 5.02 Å². The molecule has 0 saturated carbocycles. The highest BCUT2D eigenvalue weighted by atomic mass is 35.5. The van der Waals surface area contributed by atoms with Crippen LogP contribution in [0.25, 0.3) is 22.2 Å². The summed E-state index contributed by atoms with van der Waals surface area (Å²) >= 11 is 6.28. The van der Waals surface area contributed by atoms with Gasteiger partial charge in [-0.2, -0.15) is 0 Å². The van der Waals surface area contributed by atoms with E-state index in [4.69, 9.17) is 11.6 Å². The molecule has 138 valence electrons. The van der Waals surface area contributed by atoms with E-state index in [1.54, 1.807) is 42.5 Å². The summed E-state index contributed by atoms with van der Waals surface area (Å²) in [7, 11) is 0. The topological polar surface area (TPSA) is 42.0 Å². The van der Waals surface area contributed by atoms with E-state index >= 15 is 0 Å².